The summed E-state index contributed by atoms with van der Waals surface area (Å²) in [6.07, 6.45) is 3.10. The molecular formula is C16H22N2O4. The lowest BCUT2D eigenvalue weighted by molar-refractivity contribution is -0.147. The second kappa shape index (κ2) is 6.12. The molecule has 22 heavy (non-hydrogen) atoms. The van der Waals surface area contributed by atoms with Crippen molar-refractivity contribution in [1.82, 2.24) is 9.80 Å². The molecule has 1 aromatic rings. The predicted molar refractivity (Wildman–Crippen MR) is 79.4 cm³/mol. The topological polar surface area (TPSA) is 63.0 Å². The van der Waals surface area contributed by atoms with Crippen molar-refractivity contribution in [3.8, 4) is 0 Å². The summed E-state index contributed by atoms with van der Waals surface area (Å²) >= 11 is 0. The van der Waals surface area contributed by atoms with Crippen LogP contribution in [0.1, 0.15) is 37.2 Å². The maximum atomic E-state index is 12.8. The van der Waals surface area contributed by atoms with Gasteiger partial charge in [0.25, 0.3) is 5.91 Å². The van der Waals surface area contributed by atoms with E-state index in [0.717, 1.165) is 6.42 Å². The average molecular weight is 306 g/mol. The Kier molecular flexibility index (Phi) is 4.20. The Labute approximate surface area is 130 Å². The van der Waals surface area contributed by atoms with Crippen molar-refractivity contribution in [2.75, 3.05) is 19.6 Å². The first-order valence-electron chi connectivity index (χ1n) is 7.85. The number of hydrogen-bond acceptors (Lipinski definition) is 4. The summed E-state index contributed by atoms with van der Waals surface area (Å²) in [6.45, 7) is 5.71. The normalized spacial score (nSPS) is 28.9. The molecule has 2 aliphatic heterocycles. The van der Waals surface area contributed by atoms with E-state index >= 15 is 0 Å². The van der Waals surface area contributed by atoms with E-state index in [1.165, 1.54) is 6.26 Å². The van der Waals surface area contributed by atoms with Crippen LogP contribution in [-0.2, 0) is 9.53 Å². The molecule has 0 spiro atoms. The maximum absolute atomic E-state index is 12.8. The summed E-state index contributed by atoms with van der Waals surface area (Å²) in [5.41, 5.74) is 0. The molecule has 3 heterocycles. The molecule has 0 saturated carbocycles. The standard InChI is InChI=1S/C16H22N2O4/c1-11-9-17(10-12(2)22-11)15(19)13-5-3-7-18(13)16(20)14-6-4-8-21-14/h4,6,8,11-13H,3,5,7,9-10H2,1-2H3/t11-,12-,13-/m1/s1. The molecule has 120 valence electrons. The third-order valence-corrected chi connectivity index (χ3v) is 4.26. The summed E-state index contributed by atoms with van der Waals surface area (Å²) < 4.78 is 10.9. The molecule has 0 radical (unpaired) electrons. The van der Waals surface area contributed by atoms with Crippen LogP contribution in [0.25, 0.3) is 0 Å². The Balaban J connectivity index is 1.72. The number of amides is 2. The number of ether oxygens (including phenoxy) is 1. The van der Waals surface area contributed by atoms with Gasteiger partial charge in [-0.25, -0.2) is 0 Å². The van der Waals surface area contributed by atoms with Crippen molar-refractivity contribution in [1.29, 1.82) is 0 Å². The maximum Gasteiger partial charge on any atom is 0.290 e. The van der Waals surface area contributed by atoms with E-state index in [-0.39, 0.29) is 30.1 Å². The van der Waals surface area contributed by atoms with Crippen LogP contribution in [0, 0.1) is 0 Å². The number of carbonyl (C=O) groups excluding carboxylic acids is 2. The number of carbonyl (C=O) groups is 2. The third-order valence-electron chi connectivity index (χ3n) is 4.26. The zero-order valence-electron chi connectivity index (χ0n) is 13.0. The number of likely N-dealkylation sites (tertiary alicyclic amines) is 1. The van der Waals surface area contributed by atoms with Crippen molar-refractivity contribution in [3.63, 3.8) is 0 Å². The van der Waals surface area contributed by atoms with Crippen LogP contribution in [0.15, 0.2) is 22.8 Å². The highest BCUT2D eigenvalue weighted by Gasteiger charge is 2.39. The lowest BCUT2D eigenvalue weighted by Gasteiger charge is -2.37. The highest BCUT2D eigenvalue weighted by molar-refractivity contribution is 5.96. The summed E-state index contributed by atoms with van der Waals surface area (Å²) in [6, 6.07) is 2.95. The summed E-state index contributed by atoms with van der Waals surface area (Å²) in [5, 5.41) is 0. The second-order valence-corrected chi connectivity index (χ2v) is 6.13. The summed E-state index contributed by atoms with van der Waals surface area (Å²) in [5.74, 6) is 0.123. The van der Waals surface area contributed by atoms with Crippen molar-refractivity contribution in [2.24, 2.45) is 0 Å². The highest BCUT2D eigenvalue weighted by Crippen LogP contribution is 2.23. The first-order chi connectivity index (χ1) is 10.6. The molecule has 3 atom stereocenters. The number of hydrogen-bond donors (Lipinski definition) is 0. The van der Waals surface area contributed by atoms with E-state index in [2.05, 4.69) is 0 Å². The molecule has 0 N–H and O–H groups in total. The van der Waals surface area contributed by atoms with Gasteiger partial charge in [-0.3, -0.25) is 9.59 Å². The van der Waals surface area contributed by atoms with Gasteiger partial charge in [-0.1, -0.05) is 0 Å². The molecule has 2 saturated heterocycles. The minimum Gasteiger partial charge on any atom is -0.459 e. The van der Waals surface area contributed by atoms with Crippen LogP contribution in [0.5, 0.6) is 0 Å². The molecule has 0 unspecified atom stereocenters. The average Bonchev–Trinajstić information content (AvgIpc) is 3.16. The van der Waals surface area contributed by atoms with Gasteiger partial charge in [0, 0.05) is 19.6 Å². The van der Waals surface area contributed by atoms with Gasteiger partial charge >= 0.3 is 0 Å². The summed E-state index contributed by atoms with van der Waals surface area (Å²) in [4.78, 5) is 28.8. The van der Waals surface area contributed by atoms with E-state index in [0.29, 0.717) is 31.8 Å². The molecule has 0 bridgehead atoms. The number of furan rings is 1. The van der Waals surface area contributed by atoms with Crippen molar-refractivity contribution in [3.05, 3.63) is 24.2 Å². The Bertz CT molecular complexity index is 532. The van der Waals surface area contributed by atoms with Gasteiger partial charge in [0.15, 0.2) is 5.76 Å². The zero-order chi connectivity index (χ0) is 15.7. The van der Waals surface area contributed by atoms with Gasteiger partial charge in [0.1, 0.15) is 6.04 Å². The quantitative estimate of drug-likeness (QED) is 0.831. The first-order valence-corrected chi connectivity index (χ1v) is 7.85. The Hall–Kier alpha value is -1.82. The third kappa shape index (κ3) is 2.88. The van der Waals surface area contributed by atoms with Crippen LogP contribution in [0.4, 0.5) is 0 Å². The Morgan fingerprint density at radius 2 is 1.95 bits per heavy atom. The van der Waals surface area contributed by atoms with Crippen LogP contribution >= 0.6 is 0 Å². The number of morpholine rings is 1. The molecule has 0 aliphatic carbocycles. The number of nitrogens with zero attached hydrogens (tertiary/aromatic N) is 2. The smallest absolute Gasteiger partial charge is 0.290 e. The largest absolute Gasteiger partial charge is 0.459 e. The van der Waals surface area contributed by atoms with E-state index in [1.54, 1.807) is 17.0 Å². The van der Waals surface area contributed by atoms with E-state index in [1.807, 2.05) is 18.7 Å². The van der Waals surface area contributed by atoms with Crippen molar-refractivity contribution in [2.45, 2.75) is 44.9 Å². The molecule has 2 aliphatic rings. The molecule has 6 heteroatoms. The molecule has 1 aromatic heterocycles. The van der Waals surface area contributed by atoms with Gasteiger partial charge in [-0.05, 0) is 38.8 Å². The monoisotopic (exact) mass is 306 g/mol. The second-order valence-electron chi connectivity index (χ2n) is 6.13. The van der Waals surface area contributed by atoms with Gasteiger partial charge in [0.2, 0.25) is 5.91 Å². The molecule has 2 amide bonds. The predicted octanol–water partition coefficient (Wildman–Crippen LogP) is 1.52. The van der Waals surface area contributed by atoms with E-state index < -0.39 is 0 Å². The number of rotatable bonds is 2. The molecule has 2 fully saturated rings. The minimum atomic E-state index is -0.380. The summed E-state index contributed by atoms with van der Waals surface area (Å²) in [7, 11) is 0. The molecule has 3 rings (SSSR count). The van der Waals surface area contributed by atoms with Crippen molar-refractivity contribution >= 4 is 11.8 Å². The fraction of sp³-hybridized carbons (Fsp3) is 0.625. The molecule has 0 aromatic carbocycles. The Morgan fingerprint density at radius 3 is 2.59 bits per heavy atom. The first kappa shape index (κ1) is 15.1. The lowest BCUT2D eigenvalue weighted by Crippen LogP contribution is -2.54. The zero-order valence-corrected chi connectivity index (χ0v) is 13.0. The van der Waals surface area contributed by atoms with Gasteiger partial charge in [-0.2, -0.15) is 0 Å². The lowest BCUT2D eigenvalue weighted by atomic mass is 10.1. The highest BCUT2D eigenvalue weighted by atomic mass is 16.5. The Morgan fingerprint density at radius 1 is 1.23 bits per heavy atom. The minimum absolute atomic E-state index is 0.0272. The van der Waals surface area contributed by atoms with Crippen LogP contribution in [0.3, 0.4) is 0 Å². The van der Waals surface area contributed by atoms with Crippen molar-refractivity contribution < 1.29 is 18.7 Å². The van der Waals surface area contributed by atoms with Crippen LogP contribution in [-0.4, -0.2) is 59.5 Å². The van der Waals surface area contributed by atoms with E-state index in [9.17, 15) is 9.59 Å². The van der Waals surface area contributed by atoms with Crippen LogP contribution < -0.4 is 0 Å². The van der Waals surface area contributed by atoms with Crippen LogP contribution in [0.2, 0.25) is 0 Å². The fourth-order valence-corrected chi connectivity index (χ4v) is 3.38. The van der Waals surface area contributed by atoms with Gasteiger partial charge < -0.3 is 19.0 Å². The van der Waals surface area contributed by atoms with Gasteiger partial charge in [0.05, 0.1) is 18.5 Å². The van der Waals surface area contributed by atoms with Gasteiger partial charge in [-0.15, -0.1) is 0 Å². The SMILES string of the molecule is C[C@@H]1CN(C(=O)[C@H]2CCCN2C(=O)c2ccco2)C[C@@H](C)O1. The fourth-order valence-electron chi connectivity index (χ4n) is 3.38. The molecule has 6 nitrogen and oxygen atoms in total. The van der Waals surface area contributed by atoms with E-state index in [4.69, 9.17) is 9.15 Å². The molecular weight excluding hydrogens is 284 g/mol.